The van der Waals surface area contributed by atoms with E-state index >= 15 is 0 Å². The third kappa shape index (κ3) is 5.19. The summed E-state index contributed by atoms with van der Waals surface area (Å²) in [6.07, 6.45) is 0.369. The number of hydrogen-bond donors (Lipinski definition) is 1. The van der Waals surface area contributed by atoms with Crippen LogP contribution in [-0.2, 0) is 5.75 Å². The number of halogens is 2. The van der Waals surface area contributed by atoms with Gasteiger partial charge in [0.1, 0.15) is 0 Å². The minimum absolute atomic E-state index is 0.0109. The molecule has 0 amide bonds. The minimum Gasteiger partial charge on any atom is -0.545 e. The Balaban J connectivity index is 2.22. The number of carboxylic acid groups (broad SMARTS) is 1. The number of aliphatic hydroxyl groups excluding tert-OH is 1. The monoisotopic (exact) mass is 379 g/mol. The van der Waals surface area contributed by atoms with E-state index in [1.54, 1.807) is 24.3 Å². The molecule has 6 heteroatoms. The first-order valence-electron chi connectivity index (χ1n) is 7.03. The molecule has 0 aliphatic heterocycles. The van der Waals surface area contributed by atoms with Crippen LogP contribution in [0.2, 0.25) is 10.0 Å². The van der Waals surface area contributed by atoms with Gasteiger partial charge in [0.25, 0.3) is 0 Å². The molecule has 1 N–H and O–H groups in total. The normalized spacial score (nSPS) is 10.1. The molecule has 3 nitrogen and oxygen atoms in total. The number of rotatable bonds is 5. The summed E-state index contributed by atoms with van der Waals surface area (Å²) >= 11 is 13.2. The Morgan fingerprint density at radius 2 is 1.96 bits per heavy atom. The van der Waals surface area contributed by atoms with Gasteiger partial charge in [-0.05, 0) is 29.8 Å². The molecule has 24 heavy (non-hydrogen) atoms. The first-order valence-corrected chi connectivity index (χ1v) is 8.77. The summed E-state index contributed by atoms with van der Waals surface area (Å²) in [4.78, 5) is 11.8. The molecular weight excluding hydrogens is 367 g/mol. The summed E-state index contributed by atoms with van der Waals surface area (Å²) < 4.78 is 0. The second-order valence-electron chi connectivity index (χ2n) is 4.81. The maximum atomic E-state index is 11.3. The minimum atomic E-state index is -1.23. The third-order valence-corrected chi connectivity index (χ3v) is 4.91. The highest BCUT2D eigenvalue weighted by molar-refractivity contribution is 7.98. The lowest BCUT2D eigenvalue weighted by atomic mass is 10.1. The Bertz CT molecular complexity index is 810. The third-order valence-electron chi connectivity index (χ3n) is 3.05. The maximum absolute atomic E-state index is 11.3. The predicted octanol–water partition coefficient (Wildman–Crippen LogP) is 3.38. The fourth-order valence-electron chi connectivity index (χ4n) is 1.90. The quantitative estimate of drug-likeness (QED) is 0.638. The molecule has 0 spiro atoms. The molecule has 124 valence electrons. The van der Waals surface area contributed by atoms with Gasteiger partial charge in [-0.2, -0.15) is 0 Å². The van der Waals surface area contributed by atoms with Crippen molar-refractivity contribution in [2.75, 3.05) is 6.61 Å². The van der Waals surface area contributed by atoms with Gasteiger partial charge < -0.3 is 15.0 Å². The van der Waals surface area contributed by atoms with E-state index < -0.39 is 5.97 Å². The van der Waals surface area contributed by atoms with Crippen LogP contribution in [0.25, 0.3) is 0 Å². The van der Waals surface area contributed by atoms with Crippen molar-refractivity contribution >= 4 is 40.9 Å². The van der Waals surface area contributed by atoms with E-state index in [4.69, 9.17) is 28.3 Å². The Kier molecular flexibility index (Phi) is 7.01. The van der Waals surface area contributed by atoms with Crippen molar-refractivity contribution in [3.63, 3.8) is 0 Å². The summed E-state index contributed by atoms with van der Waals surface area (Å²) in [5.41, 5.74) is 1.73. The molecule has 0 fully saturated rings. The molecule has 2 rings (SSSR count). The van der Waals surface area contributed by atoms with Crippen LogP contribution in [-0.4, -0.2) is 17.7 Å². The van der Waals surface area contributed by atoms with Gasteiger partial charge in [0, 0.05) is 28.2 Å². The van der Waals surface area contributed by atoms with Gasteiger partial charge in [0.15, 0.2) is 0 Å². The average molecular weight is 380 g/mol. The highest BCUT2D eigenvalue weighted by Gasteiger charge is 2.07. The number of carbonyl (C=O) groups is 1. The zero-order valence-electron chi connectivity index (χ0n) is 12.5. The van der Waals surface area contributed by atoms with Crippen LogP contribution in [0, 0.1) is 11.8 Å². The summed E-state index contributed by atoms with van der Waals surface area (Å²) in [5.74, 6) is 5.00. The van der Waals surface area contributed by atoms with E-state index in [1.807, 2.05) is 6.07 Å². The summed E-state index contributed by atoms with van der Waals surface area (Å²) in [7, 11) is 0. The fraction of sp³-hybridized carbons (Fsp3) is 0.167. The molecule has 0 atom stereocenters. The highest BCUT2D eigenvalue weighted by Crippen LogP contribution is 2.30. The Morgan fingerprint density at radius 3 is 2.62 bits per heavy atom. The topological polar surface area (TPSA) is 60.4 Å². The molecule has 0 saturated carbocycles. The number of carboxylic acids is 1. The van der Waals surface area contributed by atoms with Crippen LogP contribution >= 0.6 is 35.0 Å². The van der Waals surface area contributed by atoms with Gasteiger partial charge in [-0.15, -0.1) is 11.8 Å². The SMILES string of the molecule is O=C([O-])c1ccc(C#CCCO)cc1SCc1ccc(Cl)c(Cl)c1. The maximum Gasteiger partial charge on any atom is 0.0726 e. The number of carbonyl (C=O) groups excluding carboxylic acids is 1. The molecule has 2 aromatic rings. The van der Waals surface area contributed by atoms with Crippen LogP contribution in [0.1, 0.15) is 27.9 Å². The van der Waals surface area contributed by atoms with E-state index in [-0.39, 0.29) is 12.2 Å². The molecule has 0 bridgehead atoms. The number of benzene rings is 2. The van der Waals surface area contributed by atoms with E-state index in [2.05, 4.69) is 11.8 Å². The van der Waals surface area contributed by atoms with E-state index in [1.165, 1.54) is 17.8 Å². The van der Waals surface area contributed by atoms with E-state index in [0.717, 1.165) is 5.56 Å². The van der Waals surface area contributed by atoms with Crippen molar-refractivity contribution in [3.05, 3.63) is 63.1 Å². The standard InChI is InChI=1S/C18H14Cl2O3S/c19-15-7-5-13(9-16(15)20)11-24-17-10-12(3-1-2-8-21)4-6-14(17)18(22)23/h4-7,9-10,21H,2,8,11H2,(H,22,23)/p-1. The fourth-order valence-corrected chi connectivity index (χ4v) is 3.24. The van der Waals surface area contributed by atoms with Crippen molar-refractivity contribution in [3.8, 4) is 11.8 Å². The van der Waals surface area contributed by atoms with Crippen LogP contribution in [0.15, 0.2) is 41.3 Å². The number of hydrogen-bond acceptors (Lipinski definition) is 4. The van der Waals surface area contributed by atoms with Gasteiger partial charge in [0.05, 0.1) is 22.6 Å². The molecule has 0 radical (unpaired) electrons. The van der Waals surface area contributed by atoms with Crippen molar-refractivity contribution in [1.82, 2.24) is 0 Å². The smallest absolute Gasteiger partial charge is 0.0726 e. The number of aromatic carboxylic acids is 1. The van der Waals surface area contributed by atoms with Crippen molar-refractivity contribution in [1.29, 1.82) is 0 Å². The molecule has 0 aliphatic rings. The molecular formula is C18H13Cl2O3S-. The van der Waals surface area contributed by atoms with Crippen LogP contribution in [0.5, 0.6) is 0 Å². The first kappa shape index (κ1) is 18.7. The molecule has 0 aromatic heterocycles. The van der Waals surface area contributed by atoms with Crippen molar-refractivity contribution in [2.45, 2.75) is 17.1 Å². The highest BCUT2D eigenvalue weighted by atomic mass is 35.5. The molecule has 2 aromatic carbocycles. The molecule has 0 unspecified atom stereocenters. The zero-order chi connectivity index (χ0) is 17.5. The second-order valence-corrected chi connectivity index (χ2v) is 6.64. The average Bonchev–Trinajstić information content (AvgIpc) is 2.56. The number of aliphatic hydroxyl groups is 1. The summed E-state index contributed by atoms with van der Waals surface area (Å²) in [5, 5.41) is 21.0. The van der Waals surface area contributed by atoms with Gasteiger partial charge in [-0.1, -0.05) is 47.2 Å². The van der Waals surface area contributed by atoms with Crippen LogP contribution < -0.4 is 5.11 Å². The zero-order valence-corrected chi connectivity index (χ0v) is 14.8. The van der Waals surface area contributed by atoms with Crippen molar-refractivity contribution in [2.24, 2.45) is 0 Å². The van der Waals surface area contributed by atoms with Gasteiger partial charge in [0.2, 0.25) is 0 Å². The number of thioether (sulfide) groups is 1. The van der Waals surface area contributed by atoms with Crippen LogP contribution in [0.3, 0.4) is 0 Å². The second kappa shape index (κ2) is 9.00. The molecule has 0 saturated heterocycles. The predicted molar refractivity (Wildman–Crippen MR) is 95.4 cm³/mol. The van der Waals surface area contributed by atoms with Crippen LogP contribution in [0.4, 0.5) is 0 Å². The van der Waals surface area contributed by atoms with Gasteiger partial charge in [-0.25, -0.2) is 0 Å². The lowest BCUT2D eigenvalue weighted by molar-refractivity contribution is -0.255. The largest absolute Gasteiger partial charge is 0.545 e. The Hall–Kier alpha value is -1.64. The Morgan fingerprint density at radius 1 is 1.17 bits per heavy atom. The molecule has 0 heterocycles. The van der Waals surface area contributed by atoms with Crippen molar-refractivity contribution < 1.29 is 15.0 Å². The van der Waals surface area contributed by atoms with Gasteiger partial charge >= 0.3 is 0 Å². The van der Waals surface area contributed by atoms with E-state index in [0.29, 0.717) is 32.7 Å². The lowest BCUT2D eigenvalue weighted by Crippen LogP contribution is -2.23. The Labute approximate surface area is 154 Å². The van der Waals surface area contributed by atoms with Gasteiger partial charge in [-0.3, -0.25) is 0 Å². The first-order chi connectivity index (χ1) is 11.5. The van der Waals surface area contributed by atoms with E-state index in [9.17, 15) is 9.90 Å². The summed E-state index contributed by atoms with van der Waals surface area (Å²) in [6, 6.07) is 10.1. The lowest BCUT2D eigenvalue weighted by Gasteiger charge is -2.11. The molecule has 0 aliphatic carbocycles. The summed E-state index contributed by atoms with van der Waals surface area (Å²) in [6.45, 7) is -0.0109.